The van der Waals surface area contributed by atoms with E-state index < -0.39 is 0 Å². The molecule has 0 saturated carbocycles. The van der Waals surface area contributed by atoms with Gasteiger partial charge in [0.25, 0.3) is 0 Å². The van der Waals surface area contributed by atoms with E-state index in [0.717, 1.165) is 16.8 Å². The molecule has 3 nitrogen and oxygen atoms in total. The number of hydrogen-bond donors (Lipinski definition) is 1. The molecule has 1 heterocycles. The average Bonchev–Trinajstić information content (AvgIpc) is 2.42. The Kier molecular flexibility index (Phi) is 3.13. The molecule has 0 amide bonds. The fourth-order valence-corrected chi connectivity index (χ4v) is 1.61. The number of benzene rings is 1. The highest BCUT2D eigenvalue weighted by Gasteiger charge is 2.03. The Bertz CT molecular complexity index is 448. The third-order valence-electron chi connectivity index (χ3n) is 2.34. The van der Waals surface area contributed by atoms with E-state index in [1.807, 2.05) is 18.7 Å². The van der Waals surface area contributed by atoms with Crippen molar-refractivity contribution in [3.8, 4) is 0 Å². The van der Waals surface area contributed by atoms with Gasteiger partial charge in [-0.05, 0) is 18.6 Å². The van der Waals surface area contributed by atoms with Gasteiger partial charge in [-0.2, -0.15) is 5.10 Å². The van der Waals surface area contributed by atoms with Crippen molar-refractivity contribution >= 4 is 23.3 Å². The van der Waals surface area contributed by atoms with Crippen LogP contribution >= 0.6 is 12.4 Å². The molecule has 0 aliphatic carbocycles. The van der Waals surface area contributed by atoms with Gasteiger partial charge < -0.3 is 5.73 Å². The van der Waals surface area contributed by atoms with Gasteiger partial charge in [0.15, 0.2) is 0 Å². The van der Waals surface area contributed by atoms with Crippen molar-refractivity contribution in [1.29, 1.82) is 0 Å². The lowest BCUT2D eigenvalue weighted by Gasteiger charge is -1.97. The lowest BCUT2D eigenvalue weighted by Crippen LogP contribution is -1.96. The molecule has 76 valence electrons. The molecule has 0 spiro atoms. The third kappa shape index (κ3) is 1.61. The molecule has 0 unspecified atom stereocenters. The summed E-state index contributed by atoms with van der Waals surface area (Å²) in [5, 5.41) is 5.55. The zero-order valence-electron chi connectivity index (χ0n) is 8.32. The first kappa shape index (κ1) is 11.0. The Morgan fingerprint density at radius 1 is 1.43 bits per heavy atom. The number of nitrogens with two attached hydrogens (primary N) is 1. The van der Waals surface area contributed by atoms with E-state index in [2.05, 4.69) is 23.3 Å². The average molecular weight is 212 g/mol. The first-order valence-corrected chi connectivity index (χ1v) is 4.34. The number of aromatic nitrogens is 2. The van der Waals surface area contributed by atoms with Crippen molar-refractivity contribution in [2.75, 3.05) is 0 Å². The highest BCUT2D eigenvalue weighted by Crippen LogP contribution is 2.18. The lowest BCUT2D eigenvalue weighted by molar-refractivity contribution is 0.782. The minimum Gasteiger partial charge on any atom is -0.326 e. The quantitative estimate of drug-likeness (QED) is 0.781. The van der Waals surface area contributed by atoms with Crippen LogP contribution in [0.1, 0.15) is 11.3 Å². The van der Waals surface area contributed by atoms with E-state index in [4.69, 9.17) is 5.73 Å². The summed E-state index contributed by atoms with van der Waals surface area (Å²) in [6, 6.07) is 6.23. The summed E-state index contributed by atoms with van der Waals surface area (Å²) in [4.78, 5) is 0. The standard InChI is InChI=1S/C10H13N3.ClH/c1-7-9-4-3-8(6-11)5-10(9)13(2)12-7;/h3-5H,6,11H2,1-2H3;1H. The number of hydrogen-bond acceptors (Lipinski definition) is 2. The van der Waals surface area contributed by atoms with Gasteiger partial charge in [-0.15, -0.1) is 12.4 Å². The van der Waals surface area contributed by atoms with E-state index in [-0.39, 0.29) is 12.4 Å². The molecule has 4 heteroatoms. The van der Waals surface area contributed by atoms with Crippen LogP contribution < -0.4 is 5.73 Å². The van der Waals surface area contributed by atoms with Gasteiger partial charge in [0.2, 0.25) is 0 Å². The van der Waals surface area contributed by atoms with Crippen molar-refractivity contribution in [2.45, 2.75) is 13.5 Å². The molecule has 0 aliphatic rings. The normalized spacial score (nSPS) is 10.2. The van der Waals surface area contributed by atoms with Gasteiger partial charge in [-0.3, -0.25) is 4.68 Å². The molecular formula is C10H14ClN3. The summed E-state index contributed by atoms with van der Waals surface area (Å²) in [5.74, 6) is 0. The maximum atomic E-state index is 5.57. The maximum Gasteiger partial charge on any atom is 0.0685 e. The first-order chi connectivity index (χ1) is 6.22. The topological polar surface area (TPSA) is 43.8 Å². The van der Waals surface area contributed by atoms with Crippen LogP contribution in [0.15, 0.2) is 18.2 Å². The molecular weight excluding hydrogens is 198 g/mol. The Morgan fingerprint density at radius 3 is 2.79 bits per heavy atom. The summed E-state index contributed by atoms with van der Waals surface area (Å²) in [7, 11) is 1.95. The molecule has 2 aromatic rings. The summed E-state index contributed by atoms with van der Waals surface area (Å²) >= 11 is 0. The summed E-state index contributed by atoms with van der Waals surface area (Å²) in [5.41, 5.74) is 8.94. The fraction of sp³-hybridized carbons (Fsp3) is 0.300. The zero-order valence-corrected chi connectivity index (χ0v) is 9.14. The summed E-state index contributed by atoms with van der Waals surface area (Å²) in [6.45, 7) is 2.60. The molecule has 0 atom stereocenters. The molecule has 0 radical (unpaired) electrons. The van der Waals surface area contributed by atoms with Gasteiger partial charge in [0.1, 0.15) is 0 Å². The second-order valence-corrected chi connectivity index (χ2v) is 3.26. The smallest absolute Gasteiger partial charge is 0.0685 e. The minimum atomic E-state index is 0. The molecule has 0 saturated heterocycles. The number of halogens is 1. The molecule has 14 heavy (non-hydrogen) atoms. The highest BCUT2D eigenvalue weighted by molar-refractivity contribution is 5.85. The van der Waals surface area contributed by atoms with Crippen LogP contribution in [-0.2, 0) is 13.6 Å². The monoisotopic (exact) mass is 211 g/mol. The molecule has 0 bridgehead atoms. The van der Waals surface area contributed by atoms with Crippen LogP contribution in [0.4, 0.5) is 0 Å². The van der Waals surface area contributed by atoms with Crippen LogP contribution in [-0.4, -0.2) is 9.78 Å². The van der Waals surface area contributed by atoms with E-state index in [1.54, 1.807) is 0 Å². The molecule has 1 aromatic heterocycles. The summed E-state index contributed by atoms with van der Waals surface area (Å²) in [6.07, 6.45) is 0. The van der Waals surface area contributed by atoms with E-state index in [0.29, 0.717) is 6.54 Å². The van der Waals surface area contributed by atoms with Crippen molar-refractivity contribution in [3.63, 3.8) is 0 Å². The highest BCUT2D eigenvalue weighted by atomic mass is 35.5. The second-order valence-electron chi connectivity index (χ2n) is 3.26. The van der Waals surface area contributed by atoms with Crippen molar-refractivity contribution in [2.24, 2.45) is 12.8 Å². The van der Waals surface area contributed by atoms with Crippen molar-refractivity contribution in [3.05, 3.63) is 29.5 Å². The largest absolute Gasteiger partial charge is 0.326 e. The number of nitrogens with zero attached hydrogens (tertiary/aromatic N) is 2. The van der Waals surface area contributed by atoms with E-state index in [1.165, 1.54) is 5.39 Å². The van der Waals surface area contributed by atoms with Gasteiger partial charge in [0.05, 0.1) is 11.2 Å². The molecule has 2 N–H and O–H groups in total. The van der Waals surface area contributed by atoms with Gasteiger partial charge in [-0.1, -0.05) is 12.1 Å². The van der Waals surface area contributed by atoms with Crippen molar-refractivity contribution < 1.29 is 0 Å². The van der Waals surface area contributed by atoms with Crippen LogP contribution in [0.3, 0.4) is 0 Å². The van der Waals surface area contributed by atoms with Gasteiger partial charge >= 0.3 is 0 Å². The number of rotatable bonds is 1. The van der Waals surface area contributed by atoms with Gasteiger partial charge in [0, 0.05) is 19.0 Å². The van der Waals surface area contributed by atoms with Gasteiger partial charge in [-0.25, -0.2) is 0 Å². The Labute approximate surface area is 89.3 Å². The minimum absolute atomic E-state index is 0. The third-order valence-corrected chi connectivity index (χ3v) is 2.34. The molecule has 2 rings (SSSR count). The predicted octanol–water partition coefficient (Wildman–Crippen LogP) is 1.76. The fourth-order valence-electron chi connectivity index (χ4n) is 1.61. The SMILES string of the molecule is Cc1nn(C)c2cc(CN)ccc12.Cl. The summed E-state index contributed by atoms with van der Waals surface area (Å²) < 4.78 is 1.89. The van der Waals surface area contributed by atoms with E-state index in [9.17, 15) is 0 Å². The van der Waals surface area contributed by atoms with Crippen LogP contribution in [0.2, 0.25) is 0 Å². The zero-order chi connectivity index (χ0) is 9.42. The second kappa shape index (κ2) is 3.98. The molecule has 1 aromatic carbocycles. The number of fused-ring (bicyclic) bond motifs is 1. The van der Waals surface area contributed by atoms with E-state index >= 15 is 0 Å². The Hall–Kier alpha value is -1.06. The lowest BCUT2D eigenvalue weighted by atomic mass is 10.1. The van der Waals surface area contributed by atoms with Crippen LogP contribution in [0.25, 0.3) is 10.9 Å². The Morgan fingerprint density at radius 2 is 2.14 bits per heavy atom. The Balaban J connectivity index is 0.000000980. The maximum absolute atomic E-state index is 5.57. The van der Waals surface area contributed by atoms with Crippen LogP contribution in [0, 0.1) is 6.92 Å². The predicted molar refractivity (Wildman–Crippen MR) is 60.6 cm³/mol. The number of aryl methyl sites for hydroxylation is 2. The first-order valence-electron chi connectivity index (χ1n) is 4.34. The van der Waals surface area contributed by atoms with Crippen molar-refractivity contribution in [1.82, 2.24) is 9.78 Å². The molecule has 0 aliphatic heterocycles. The molecule has 0 fully saturated rings. The van der Waals surface area contributed by atoms with Crippen LogP contribution in [0.5, 0.6) is 0 Å².